The van der Waals surface area contributed by atoms with Crippen molar-refractivity contribution >= 4 is 137 Å². The maximum absolute atomic E-state index is 12.9. The number of pyridine rings is 1. The molecule has 76 heavy (non-hydrogen) atoms. The number of phenols is 1. The third kappa shape index (κ3) is 12.0. The van der Waals surface area contributed by atoms with Crippen LogP contribution in [0.4, 0.5) is 33.6 Å². The average Bonchev–Trinajstić information content (AvgIpc) is 3.96. The Morgan fingerprint density at radius 3 is 2.18 bits per heavy atom. The van der Waals surface area contributed by atoms with Gasteiger partial charge in [-0.1, -0.05) is 46.9 Å². The first-order valence-corrected chi connectivity index (χ1v) is 28.0. The number of imidazole rings is 1. The number of nitrogens with zero attached hydrogens (tertiary/aromatic N) is 10. The summed E-state index contributed by atoms with van der Waals surface area (Å²) in [7, 11) is -14.4. The maximum Gasteiger partial charge on any atom is 0.296 e. The Morgan fingerprint density at radius 2 is 1.49 bits per heavy atom. The lowest BCUT2D eigenvalue weighted by molar-refractivity contribution is -0.432. The van der Waals surface area contributed by atoms with Crippen LogP contribution in [0.15, 0.2) is 117 Å². The lowest BCUT2D eigenvalue weighted by Gasteiger charge is -2.13. The highest BCUT2D eigenvalue weighted by molar-refractivity contribution is 7.95. The molecule has 0 aliphatic rings. The van der Waals surface area contributed by atoms with E-state index in [4.69, 9.17) is 15.3 Å². The highest BCUT2D eigenvalue weighted by Crippen LogP contribution is 2.48. The van der Waals surface area contributed by atoms with E-state index < -0.39 is 68.9 Å². The monoisotopic (exact) mass is 1160 g/mol. The molecule has 0 saturated carbocycles. The summed E-state index contributed by atoms with van der Waals surface area (Å²) in [5, 5.41) is 83.6. The summed E-state index contributed by atoms with van der Waals surface area (Å²) >= 11 is 1.55. The predicted octanol–water partition coefficient (Wildman–Crippen LogP) is 11.0. The van der Waals surface area contributed by atoms with Crippen LogP contribution < -0.4 is 4.74 Å². The van der Waals surface area contributed by atoms with Crippen molar-refractivity contribution in [1.29, 1.82) is 5.26 Å². The van der Waals surface area contributed by atoms with Crippen molar-refractivity contribution < 1.29 is 83.1 Å². The number of benzene rings is 5. The summed E-state index contributed by atoms with van der Waals surface area (Å²) in [6.07, 6.45) is 0.438. The standard InChI is InChI=1S/C42H34N10O18S6/c1-3-7-23-25(19-43)40-44-26-8-4-5-9-30(26)52(40)41(54)36(23)49-48-29-17-24-21(14-34(29)75(60,61)62)13-33(73-70-68-56)38(39(24)53)50-47-28-12-20(2)27(18-31(28)66-10-6-11-74(57,58)59)46-51-42-45-37-32(71-42)15-22(72-69-67-55)16-35(37)76(63,64)65/h4-5,8-9,12-18,53-56H,3,6-7,10-11H2,1-2H3,(H,57,58,59)(H,60,61,62)(H,63,64,65). The summed E-state index contributed by atoms with van der Waals surface area (Å²) in [5.41, 5.74) is 0.266. The number of hydrogen-bond acceptors (Lipinski definition) is 27. The van der Waals surface area contributed by atoms with E-state index in [0.717, 1.165) is 29.5 Å². The molecule has 7 N–H and O–H groups in total. The van der Waals surface area contributed by atoms with Crippen LogP contribution in [0.5, 0.6) is 17.4 Å². The number of nitriles is 1. The van der Waals surface area contributed by atoms with Crippen LogP contribution >= 0.6 is 35.4 Å². The van der Waals surface area contributed by atoms with Crippen molar-refractivity contribution in [3.8, 4) is 23.4 Å². The Hall–Kier alpha value is -6.92. The molecular weight excluding hydrogens is 1120 g/mol. The van der Waals surface area contributed by atoms with Crippen molar-refractivity contribution in [1.82, 2.24) is 14.4 Å². The number of aryl methyl sites for hydroxylation is 1. The molecule has 5 aromatic carbocycles. The van der Waals surface area contributed by atoms with E-state index >= 15 is 0 Å². The smallest absolute Gasteiger partial charge is 0.296 e. The average molecular weight is 1160 g/mol. The van der Waals surface area contributed by atoms with Gasteiger partial charge >= 0.3 is 0 Å². The summed E-state index contributed by atoms with van der Waals surface area (Å²) in [6.45, 7) is 3.04. The molecule has 0 bridgehead atoms. The first kappa shape index (κ1) is 55.3. The molecular formula is C42H34N10O18S6. The molecule has 8 rings (SSSR count). The molecule has 3 heterocycles. The molecule has 0 aliphatic heterocycles. The second kappa shape index (κ2) is 22.7. The molecule has 0 saturated heterocycles. The highest BCUT2D eigenvalue weighted by atomic mass is 32.2. The molecule has 0 radical (unpaired) electrons. The van der Waals surface area contributed by atoms with Crippen LogP contribution in [0, 0.1) is 18.3 Å². The molecule has 3 aromatic heterocycles. The minimum absolute atomic E-state index is 0.0624. The van der Waals surface area contributed by atoms with E-state index in [2.05, 4.69) is 65.5 Å². The minimum Gasteiger partial charge on any atom is -0.505 e. The molecule has 28 nitrogen and oxygen atoms in total. The van der Waals surface area contributed by atoms with Gasteiger partial charge in [0.2, 0.25) is 11.0 Å². The Morgan fingerprint density at radius 1 is 0.789 bits per heavy atom. The van der Waals surface area contributed by atoms with Crippen LogP contribution in [0.1, 0.15) is 36.5 Å². The Balaban J connectivity index is 1.23. The zero-order valence-electron chi connectivity index (χ0n) is 38.4. The van der Waals surface area contributed by atoms with Gasteiger partial charge in [-0.05, 0) is 79.2 Å². The second-order valence-corrected chi connectivity index (χ2v) is 22.5. The number of phenolic OH excluding ortho intramolecular Hbond substituents is 1. The van der Waals surface area contributed by atoms with Gasteiger partial charge in [-0.2, -0.15) is 30.5 Å². The Labute approximate surface area is 440 Å². The third-order valence-corrected chi connectivity index (χ3v) is 15.3. The molecule has 34 heteroatoms. The number of aromatic nitrogens is 3. The van der Waals surface area contributed by atoms with Crippen molar-refractivity contribution in [3.05, 3.63) is 83.4 Å². The highest BCUT2D eigenvalue weighted by Gasteiger charge is 2.26. The quantitative estimate of drug-likeness (QED) is 0.00877. The number of aromatic hydroxyl groups is 2. The topological polar surface area (TPSA) is 418 Å². The van der Waals surface area contributed by atoms with E-state index in [-0.39, 0.29) is 107 Å². The van der Waals surface area contributed by atoms with Crippen LogP contribution in [-0.2, 0) is 55.5 Å². The number of fused-ring (bicyclic) bond motifs is 5. The summed E-state index contributed by atoms with van der Waals surface area (Å²) in [6, 6.07) is 17.1. The van der Waals surface area contributed by atoms with Gasteiger partial charge in [0.1, 0.15) is 49.8 Å². The number of azo groups is 3. The summed E-state index contributed by atoms with van der Waals surface area (Å²) < 4.78 is 119. The second-order valence-electron chi connectivity index (χ2n) is 15.6. The van der Waals surface area contributed by atoms with Crippen LogP contribution in [0.3, 0.4) is 0 Å². The minimum atomic E-state index is -5.13. The maximum atomic E-state index is 12.9. The van der Waals surface area contributed by atoms with Gasteiger partial charge in [0.05, 0.1) is 62.8 Å². The number of hydrogen-bond donors (Lipinski definition) is 7. The normalized spacial score (nSPS) is 12.7. The van der Waals surface area contributed by atoms with Crippen LogP contribution in [0.25, 0.3) is 37.7 Å². The SMILES string of the molecule is CCCc1c(N=Nc2cc3c(O)c(N=Nc4cc(C)c(N=Nc5nc6c(S(=O)(=O)O)cc(SOOO)cc6s5)cc4OCCCS(=O)(=O)O)c(SOOO)cc3cc2S(=O)(=O)O)c(O)n2c(nc3ccccc32)c1C#N. The Bertz CT molecular complexity index is 4110. The number of rotatable bonds is 21. The number of thiazole rings is 1. The number of ether oxygens (including phenoxy) is 1. The molecule has 0 unspecified atom stereocenters. The lowest BCUT2D eigenvalue weighted by atomic mass is 10.0. The fourth-order valence-corrected chi connectivity index (χ4v) is 11.3. The van der Waals surface area contributed by atoms with Gasteiger partial charge in [0.25, 0.3) is 30.4 Å². The number of para-hydroxylation sites is 2. The molecule has 0 spiro atoms. The van der Waals surface area contributed by atoms with Gasteiger partial charge in [-0.15, -0.1) is 39.4 Å². The largest absolute Gasteiger partial charge is 0.505 e. The van der Waals surface area contributed by atoms with Crippen LogP contribution in [-0.4, -0.2) is 86.4 Å². The van der Waals surface area contributed by atoms with E-state index in [9.17, 15) is 54.4 Å². The zero-order valence-corrected chi connectivity index (χ0v) is 43.3. The molecule has 0 fully saturated rings. The van der Waals surface area contributed by atoms with E-state index in [1.807, 2.05) is 6.92 Å². The fourth-order valence-electron chi connectivity index (χ4n) is 7.47. The van der Waals surface area contributed by atoms with Gasteiger partial charge in [-0.25, -0.2) is 20.5 Å². The first-order valence-electron chi connectivity index (χ1n) is 21.2. The summed E-state index contributed by atoms with van der Waals surface area (Å²) in [5.74, 6) is -2.02. The van der Waals surface area contributed by atoms with E-state index in [1.165, 1.54) is 28.7 Å². The van der Waals surface area contributed by atoms with Crippen LogP contribution in [0.2, 0.25) is 0 Å². The van der Waals surface area contributed by atoms with Gasteiger partial charge in [0.15, 0.2) is 17.1 Å². The van der Waals surface area contributed by atoms with Crippen molar-refractivity contribution in [3.63, 3.8) is 0 Å². The van der Waals surface area contributed by atoms with Crippen molar-refractivity contribution in [2.45, 2.75) is 52.7 Å². The van der Waals surface area contributed by atoms with Gasteiger partial charge < -0.3 is 14.9 Å². The molecule has 0 aliphatic carbocycles. The van der Waals surface area contributed by atoms with E-state index in [1.54, 1.807) is 31.2 Å². The van der Waals surface area contributed by atoms with Crippen molar-refractivity contribution in [2.24, 2.45) is 30.7 Å². The first-order chi connectivity index (χ1) is 36.1. The van der Waals surface area contributed by atoms with Gasteiger partial charge in [-0.3, -0.25) is 18.1 Å². The molecule has 0 amide bonds. The molecule has 0 atom stereocenters. The predicted molar refractivity (Wildman–Crippen MR) is 269 cm³/mol. The van der Waals surface area contributed by atoms with Gasteiger partial charge in [0, 0.05) is 21.9 Å². The Kier molecular flexibility index (Phi) is 16.5. The van der Waals surface area contributed by atoms with E-state index in [0.29, 0.717) is 35.1 Å². The lowest BCUT2D eigenvalue weighted by Crippen LogP contribution is -2.08. The zero-order chi connectivity index (χ0) is 54.7. The third-order valence-electron chi connectivity index (χ3n) is 10.7. The fraction of sp³-hybridized carbons (Fsp3) is 0.167. The molecule has 396 valence electrons. The molecule has 8 aromatic rings. The van der Waals surface area contributed by atoms with Crippen molar-refractivity contribution in [2.75, 3.05) is 12.4 Å². The summed E-state index contributed by atoms with van der Waals surface area (Å²) in [4.78, 5) is 7.18.